The Morgan fingerprint density at radius 1 is 1.50 bits per heavy atom. The smallest absolute Gasteiger partial charge is 0.241 e. The van der Waals surface area contributed by atoms with Crippen molar-refractivity contribution >= 4 is 11.8 Å². The molecule has 1 fully saturated rings. The fourth-order valence-corrected chi connectivity index (χ4v) is 2.02. The van der Waals surface area contributed by atoms with Crippen molar-refractivity contribution in [3.8, 4) is 0 Å². The number of nitrogens with one attached hydrogen (secondary N) is 1. The maximum Gasteiger partial charge on any atom is 0.241 e. The highest BCUT2D eigenvalue weighted by atomic mass is 16.2. The molecule has 18 heavy (non-hydrogen) atoms. The normalized spacial score (nSPS) is 19.6. The minimum absolute atomic E-state index is 0.112. The summed E-state index contributed by atoms with van der Waals surface area (Å²) in [6, 6.07) is 4.86. The van der Waals surface area contributed by atoms with Crippen LogP contribution in [0.4, 0.5) is 0 Å². The Morgan fingerprint density at radius 3 is 3.00 bits per heavy atom. The molecule has 3 N–H and O–H groups in total. The zero-order valence-corrected chi connectivity index (χ0v) is 10.0. The van der Waals surface area contributed by atoms with E-state index in [1.165, 1.54) is 4.90 Å². The molecule has 2 heterocycles. The van der Waals surface area contributed by atoms with E-state index in [1.807, 2.05) is 6.07 Å². The summed E-state index contributed by atoms with van der Waals surface area (Å²) in [4.78, 5) is 29.1. The van der Waals surface area contributed by atoms with Gasteiger partial charge in [-0.25, -0.2) is 0 Å². The number of pyridine rings is 1. The molecule has 6 heteroatoms. The van der Waals surface area contributed by atoms with Crippen molar-refractivity contribution in [1.29, 1.82) is 0 Å². The van der Waals surface area contributed by atoms with Crippen LogP contribution in [0.1, 0.15) is 5.69 Å². The van der Waals surface area contributed by atoms with E-state index in [0.717, 1.165) is 0 Å². The van der Waals surface area contributed by atoms with Gasteiger partial charge < -0.3 is 16.0 Å². The summed E-state index contributed by atoms with van der Waals surface area (Å²) in [5, 5.41) is 3.05. The van der Waals surface area contributed by atoms with E-state index in [4.69, 9.17) is 5.73 Å². The summed E-state index contributed by atoms with van der Waals surface area (Å²) in [5.41, 5.74) is 6.00. The molecular weight excluding hydrogens is 232 g/mol. The second kappa shape index (κ2) is 5.59. The van der Waals surface area contributed by atoms with E-state index in [1.54, 1.807) is 18.3 Å². The zero-order valence-electron chi connectivity index (χ0n) is 10.0. The van der Waals surface area contributed by atoms with Crippen LogP contribution in [0.2, 0.25) is 0 Å². The number of nitrogens with zero attached hydrogens (tertiary/aromatic N) is 2. The molecular formula is C12H16N4O2. The summed E-state index contributed by atoms with van der Waals surface area (Å²) in [6.45, 7) is 1.60. The molecule has 1 aromatic rings. The van der Waals surface area contributed by atoms with E-state index < -0.39 is 11.9 Å². The molecule has 1 aliphatic heterocycles. The maximum absolute atomic E-state index is 12.1. The van der Waals surface area contributed by atoms with E-state index in [9.17, 15) is 9.59 Å². The van der Waals surface area contributed by atoms with Gasteiger partial charge in [-0.1, -0.05) is 6.07 Å². The van der Waals surface area contributed by atoms with E-state index in [-0.39, 0.29) is 12.3 Å². The first-order valence-corrected chi connectivity index (χ1v) is 5.88. The first-order valence-electron chi connectivity index (χ1n) is 5.88. The highest BCUT2D eigenvalue weighted by Crippen LogP contribution is 2.07. The first-order chi connectivity index (χ1) is 8.68. The minimum Gasteiger partial charge on any atom is -0.368 e. The van der Waals surface area contributed by atoms with E-state index >= 15 is 0 Å². The molecule has 1 atom stereocenters. The van der Waals surface area contributed by atoms with Crippen LogP contribution in [-0.4, -0.2) is 47.4 Å². The minimum atomic E-state index is -0.560. The molecule has 0 radical (unpaired) electrons. The van der Waals surface area contributed by atoms with Crippen LogP contribution >= 0.6 is 0 Å². The number of hydrogen-bond acceptors (Lipinski definition) is 4. The summed E-state index contributed by atoms with van der Waals surface area (Å²) < 4.78 is 0. The molecule has 1 aliphatic rings. The summed E-state index contributed by atoms with van der Waals surface area (Å²) in [6.07, 6.45) is 1.84. The molecule has 96 valence electrons. The molecule has 0 saturated carbocycles. The third kappa shape index (κ3) is 2.84. The van der Waals surface area contributed by atoms with Crippen molar-refractivity contribution in [3.63, 3.8) is 0 Å². The van der Waals surface area contributed by atoms with Crippen LogP contribution in [0.3, 0.4) is 0 Å². The molecule has 1 aromatic heterocycles. The summed E-state index contributed by atoms with van der Waals surface area (Å²) in [5.74, 6) is -0.587. The lowest BCUT2D eigenvalue weighted by atomic mass is 10.1. The number of primary amides is 1. The van der Waals surface area contributed by atoms with Crippen LogP contribution in [-0.2, 0) is 16.0 Å². The Labute approximate surface area is 105 Å². The van der Waals surface area contributed by atoms with Crippen LogP contribution in [0.25, 0.3) is 0 Å². The van der Waals surface area contributed by atoms with E-state index in [0.29, 0.717) is 25.3 Å². The van der Waals surface area contributed by atoms with Gasteiger partial charge in [0.1, 0.15) is 6.04 Å². The van der Waals surface area contributed by atoms with Crippen molar-refractivity contribution in [2.45, 2.75) is 12.5 Å². The lowest BCUT2D eigenvalue weighted by molar-refractivity contribution is -0.139. The molecule has 0 spiro atoms. The Balaban J connectivity index is 2.05. The van der Waals surface area contributed by atoms with Crippen LogP contribution in [0.5, 0.6) is 0 Å². The number of hydrogen-bond donors (Lipinski definition) is 2. The lowest BCUT2D eigenvalue weighted by Gasteiger charge is -2.34. The van der Waals surface area contributed by atoms with Gasteiger partial charge in [0.25, 0.3) is 0 Å². The standard InChI is InChI=1S/C12H16N4O2/c13-12(18)10-8-14-5-6-16(10)11(17)7-9-3-1-2-4-15-9/h1-4,10,14H,5-8H2,(H2,13,18). The molecule has 0 aliphatic carbocycles. The summed E-state index contributed by atoms with van der Waals surface area (Å²) >= 11 is 0. The monoisotopic (exact) mass is 248 g/mol. The van der Waals surface area contributed by atoms with Crippen LogP contribution in [0, 0.1) is 0 Å². The van der Waals surface area contributed by atoms with Crippen molar-refractivity contribution < 1.29 is 9.59 Å². The number of rotatable bonds is 3. The summed E-state index contributed by atoms with van der Waals surface area (Å²) in [7, 11) is 0. The SMILES string of the molecule is NC(=O)C1CNCCN1C(=O)Cc1ccccn1. The maximum atomic E-state index is 12.1. The molecule has 1 unspecified atom stereocenters. The third-order valence-corrected chi connectivity index (χ3v) is 2.95. The van der Waals surface area contributed by atoms with Gasteiger partial charge in [0.15, 0.2) is 0 Å². The highest BCUT2D eigenvalue weighted by Gasteiger charge is 2.30. The Morgan fingerprint density at radius 2 is 2.33 bits per heavy atom. The molecule has 6 nitrogen and oxygen atoms in total. The molecule has 2 amide bonds. The van der Waals surface area contributed by atoms with Gasteiger partial charge in [0.05, 0.1) is 6.42 Å². The zero-order chi connectivity index (χ0) is 13.0. The number of amides is 2. The molecule has 0 aromatic carbocycles. The molecule has 2 rings (SSSR count). The van der Waals surface area contributed by atoms with Gasteiger partial charge in [-0.2, -0.15) is 0 Å². The fraction of sp³-hybridized carbons (Fsp3) is 0.417. The first kappa shape index (κ1) is 12.5. The van der Waals surface area contributed by atoms with Crippen molar-refractivity contribution in [3.05, 3.63) is 30.1 Å². The Hall–Kier alpha value is -1.95. The number of carbonyl (C=O) groups excluding carboxylic acids is 2. The highest BCUT2D eigenvalue weighted by molar-refractivity contribution is 5.87. The van der Waals surface area contributed by atoms with Gasteiger partial charge >= 0.3 is 0 Å². The quantitative estimate of drug-likeness (QED) is 0.711. The predicted octanol–water partition coefficient (Wildman–Crippen LogP) is -1.09. The van der Waals surface area contributed by atoms with Crippen molar-refractivity contribution in [2.75, 3.05) is 19.6 Å². The second-order valence-corrected chi connectivity index (χ2v) is 4.21. The Kier molecular flexibility index (Phi) is 3.88. The molecule has 1 saturated heterocycles. The predicted molar refractivity (Wildman–Crippen MR) is 65.5 cm³/mol. The largest absolute Gasteiger partial charge is 0.368 e. The van der Waals surface area contributed by atoms with E-state index in [2.05, 4.69) is 10.3 Å². The lowest BCUT2D eigenvalue weighted by Crippen LogP contribution is -2.59. The topological polar surface area (TPSA) is 88.3 Å². The number of piperazine rings is 1. The fourth-order valence-electron chi connectivity index (χ4n) is 2.02. The van der Waals surface area contributed by atoms with Gasteiger partial charge in [0, 0.05) is 31.5 Å². The van der Waals surface area contributed by atoms with Gasteiger partial charge in [-0.05, 0) is 12.1 Å². The second-order valence-electron chi connectivity index (χ2n) is 4.21. The van der Waals surface area contributed by atoms with Crippen molar-refractivity contribution in [2.24, 2.45) is 5.73 Å². The number of nitrogens with two attached hydrogens (primary N) is 1. The number of carbonyl (C=O) groups is 2. The van der Waals surface area contributed by atoms with Crippen LogP contribution in [0.15, 0.2) is 24.4 Å². The Bertz CT molecular complexity index is 435. The van der Waals surface area contributed by atoms with Crippen LogP contribution < -0.4 is 11.1 Å². The average molecular weight is 248 g/mol. The van der Waals surface area contributed by atoms with Gasteiger partial charge in [-0.3, -0.25) is 14.6 Å². The van der Waals surface area contributed by atoms with Gasteiger partial charge in [0.2, 0.25) is 11.8 Å². The number of aromatic nitrogens is 1. The molecule has 0 bridgehead atoms. The average Bonchev–Trinajstić information content (AvgIpc) is 2.40. The van der Waals surface area contributed by atoms with Crippen molar-refractivity contribution in [1.82, 2.24) is 15.2 Å². The third-order valence-electron chi connectivity index (χ3n) is 2.95. The van der Waals surface area contributed by atoms with Gasteiger partial charge in [-0.15, -0.1) is 0 Å².